The predicted octanol–water partition coefficient (Wildman–Crippen LogP) is 2.28. The first-order valence-electron chi connectivity index (χ1n) is 4.11. The van der Waals surface area contributed by atoms with E-state index in [4.69, 9.17) is 0 Å². The summed E-state index contributed by atoms with van der Waals surface area (Å²) in [6.07, 6.45) is 11.1. The Labute approximate surface area is 61.5 Å². The maximum atomic E-state index is 3.17. The van der Waals surface area contributed by atoms with Crippen LogP contribution >= 0.6 is 0 Å². The highest BCUT2D eigenvalue weighted by molar-refractivity contribution is 5.24. The molecule has 2 rings (SSSR count). The molecule has 1 heteroatoms. The SMILES string of the molecule is c1[nH]cc2c1CCCCC2. The Kier molecular flexibility index (Phi) is 1.50. The van der Waals surface area contributed by atoms with Crippen LogP contribution < -0.4 is 0 Å². The van der Waals surface area contributed by atoms with Crippen LogP contribution in [0, 0.1) is 0 Å². The second-order valence-electron chi connectivity index (χ2n) is 3.07. The topological polar surface area (TPSA) is 15.8 Å². The molecule has 0 atom stereocenters. The molecule has 0 aromatic carbocycles. The zero-order chi connectivity index (χ0) is 6.81. The standard InChI is InChI=1S/C9H13N/c1-2-4-8-6-10-7-9(8)5-3-1/h6-7,10H,1-5H2. The summed E-state index contributed by atoms with van der Waals surface area (Å²) in [6, 6.07) is 0. The lowest BCUT2D eigenvalue weighted by Crippen LogP contribution is -1.81. The van der Waals surface area contributed by atoms with Gasteiger partial charge < -0.3 is 4.98 Å². The predicted molar refractivity (Wildman–Crippen MR) is 42.1 cm³/mol. The highest BCUT2D eigenvalue weighted by atomic mass is 14.6. The largest absolute Gasteiger partial charge is 0.367 e. The molecule has 1 heterocycles. The van der Waals surface area contributed by atoms with Gasteiger partial charge in [-0.05, 0) is 36.8 Å². The van der Waals surface area contributed by atoms with Gasteiger partial charge in [0.05, 0.1) is 0 Å². The van der Waals surface area contributed by atoms with Crippen molar-refractivity contribution in [2.45, 2.75) is 32.1 Å². The van der Waals surface area contributed by atoms with Crippen LogP contribution in [-0.4, -0.2) is 4.98 Å². The number of H-pyrrole nitrogens is 1. The van der Waals surface area contributed by atoms with Crippen LogP contribution in [-0.2, 0) is 12.8 Å². The average molecular weight is 135 g/mol. The molecule has 0 saturated carbocycles. The third-order valence-electron chi connectivity index (χ3n) is 2.32. The Balaban J connectivity index is 2.28. The summed E-state index contributed by atoms with van der Waals surface area (Å²) in [5, 5.41) is 0. The molecule has 54 valence electrons. The van der Waals surface area contributed by atoms with Crippen LogP contribution in [0.25, 0.3) is 0 Å². The van der Waals surface area contributed by atoms with E-state index in [1.54, 1.807) is 11.1 Å². The Morgan fingerprint density at radius 1 is 0.900 bits per heavy atom. The van der Waals surface area contributed by atoms with Crippen molar-refractivity contribution in [2.75, 3.05) is 0 Å². The minimum absolute atomic E-state index is 1.29. The molecular formula is C9H13N. The summed E-state index contributed by atoms with van der Waals surface area (Å²) in [5.41, 5.74) is 3.11. The summed E-state index contributed by atoms with van der Waals surface area (Å²) in [4.78, 5) is 3.17. The van der Waals surface area contributed by atoms with Gasteiger partial charge in [-0.2, -0.15) is 0 Å². The van der Waals surface area contributed by atoms with Gasteiger partial charge in [0, 0.05) is 12.4 Å². The van der Waals surface area contributed by atoms with Crippen molar-refractivity contribution in [2.24, 2.45) is 0 Å². The van der Waals surface area contributed by atoms with E-state index in [0.717, 1.165) is 0 Å². The molecule has 0 spiro atoms. The van der Waals surface area contributed by atoms with Crippen molar-refractivity contribution in [1.29, 1.82) is 0 Å². The van der Waals surface area contributed by atoms with Crippen molar-refractivity contribution in [3.8, 4) is 0 Å². The van der Waals surface area contributed by atoms with Gasteiger partial charge >= 0.3 is 0 Å². The Bertz CT molecular complexity index is 192. The van der Waals surface area contributed by atoms with E-state index in [2.05, 4.69) is 17.4 Å². The molecule has 0 unspecified atom stereocenters. The van der Waals surface area contributed by atoms with E-state index in [0.29, 0.717) is 0 Å². The van der Waals surface area contributed by atoms with E-state index in [9.17, 15) is 0 Å². The lowest BCUT2D eigenvalue weighted by Gasteiger charge is -1.92. The monoisotopic (exact) mass is 135 g/mol. The van der Waals surface area contributed by atoms with Crippen molar-refractivity contribution < 1.29 is 0 Å². The molecule has 0 bridgehead atoms. The number of aromatic amines is 1. The summed E-state index contributed by atoms with van der Waals surface area (Å²) >= 11 is 0. The number of aryl methyl sites for hydroxylation is 2. The number of nitrogens with one attached hydrogen (secondary N) is 1. The van der Waals surface area contributed by atoms with Crippen LogP contribution in [0.4, 0.5) is 0 Å². The minimum Gasteiger partial charge on any atom is -0.367 e. The summed E-state index contributed by atoms with van der Waals surface area (Å²) < 4.78 is 0. The second kappa shape index (κ2) is 2.49. The maximum Gasteiger partial charge on any atom is 0.00401 e. The lowest BCUT2D eigenvalue weighted by atomic mass is 10.1. The van der Waals surface area contributed by atoms with Crippen molar-refractivity contribution in [3.05, 3.63) is 23.5 Å². The fourth-order valence-electron chi connectivity index (χ4n) is 1.70. The second-order valence-corrected chi connectivity index (χ2v) is 3.07. The quantitative estimate of drug-likeness (QED) is 0.525. The number of fused-ring (bicyclic) bond motifs is 1. The first-order chi connectivity index (χ1) is 4.97. The molecule has 0 aliphatic heterocycles. The molecule has 1 aliphatic rings. The molecule has 1 N–H and O–H groups in total. The van der Waals surface area contributed by atoms with Crippen LogP contribution in [0.1, 0.15) is 30.4 Å². The van der Waals surface area contributed by atoms with Crippen LogP contribution in [0.2, 0.25) is 0 Å². The Hall–Kier alpha value is -0.720. The van der Waals surface area contributed by atoms with Crippen molar-refractivity contribution in [3.63, 3.8) is 0 Å². The van der Waals surface area contributed by atoms with Gasteiger partial charge in [0.2, 0.25) is 0 Å². The molecule has 0 saturated heterocycles. The van der Waals surface area contributed by atoms with Crippen molar-refractivity contribution >= 4 is 0 Å². The minimum atomic E-state index is 1.29. The summed E-state index contributed by atoms with van der Waals surface area (Å²) in [5.74, 6) is 0. The maximum absolute atomic E-state index is 3.17. The lowest BCUT2D eigenvalue weighted by molar-refractivity contribution is 0.709. The third kappa shape index (κ3) is 0.962. The molecule has 0 amide bonds. The fraction of sp³-hybridized carbons (Fsp3) is 0.556. The highest BCUT2D eigenvalue weighted by Crippen LogP contribution is 2.19. The number of hydrogen-bond acceptors (Lipinski definition) is 0. The van der Waals surface area contributed by atoms with Crippen LogP contribution in [0.5, 0.6) is 0 Å². The van der Waals surface area contributed by atoms with E-state index in [-0.39, 0.29) is 0 Å². The molecule has 0 radical (unpaired) electrons. The van der Waals surface area contributed by atoms with Gasteiger partial charge in [-0.1, -0.05) is 6.42 Å². The molecular weight excluding hydrogens is 122 g/mol. The van der Waals surface area contributed by atoms with Crippen LogP contribution in [0.15, 0.2) is 12.4 Å². The zero-order valence-electron chi connectivity index (χ0n) is 6.19. The fourth-order valence-corrected chi connectivity index (χ4v) is 1.70. The van der Waals surface area contributed by atoms with Gasteiger partial charge in [-0.3, -0.25) is 0 Å². The molecule has 10 heavy (non-hydrogen) atoms. The number of hydrogen-bond donors (Lipinski definition) is 1. The van der Waals surface area contributed by atoms with Gasteiger partial charge in [-0.25, -0.2) is 0 Å². The first kappa shape index (κ1) is 6.02. The number of aromatic nitrogens is 1. The molecule has 1 aliphatic carbocycles. The summed E-state index contributed by atoms with van der Waals surface area (Å²) in [7, 11) is 0. The normalized spacial score (nSPS) is 18.0. The van der Waals surface area contributed by atoms with Crippen LogP contribution in [0.3, 0.4) is 0 Å². The van der Waals surface area contributed by atoms with Gasteiger partial charge in [0.1, 0.15) is 0 Å². The first-order valence-corrected chi connectivity index (χ1v) is 4.11. The average Bonchev–Trinajstić information content (AvgIpc) is 2.28. The van der Waals surface area contributed by atoms with E-state index < -0.39 is 0 Å². The molecule has 0 fully saturated rings. The van der Waals surface area contributed by atoms with Gasteiger partial charge in [0.25, 0.3) is 0 Å². The van der Waals surface area contributed by atoms with E-state index in [1.165, 1.54) is 32.1 Å². The van der Waals surface area contributed by atoms with E-state index in [1.807, 2.05) is 0 Å². The number of rotatable bonds is 0. The highest BCUT2D eigenvalue weighted by Gasteiger charge is 2.06. The third-order valence-corrected chi connectivity index (χ3v) is 2.32. The Morgan fingerprint density at radius 2 is 1.50 bits per heavy atom. The van der Waals surface area contributed by atoms with Gasteiger partial charge in [-0.15, -0.1) is 0 Å². The van der Waals surface area contributed by atoms with Gasteiger partial charge in [0.15, 0.2) is 0 Å². The van der Waals surface area contributed by atoms with E-state index >= 15 is 0 Å². The molecule has 1 nitrogen and oxygen atoms in total. The Morgan fingerprint density at radius 3 is 2.10 bits per heavy atom. The molecule has 1 aromatic heterocycles. The van der Waals surface area contributed by atoms with Crippen molar-refractivity contribution in [1.82, 2.24) is 4.98 Å². The summed E-state index contributed by atoms with van der Waals surface area (Å²) in [6.45, 7) is 0. The smallest absolute Gasteiger partial charge is 0.00401 e. The zero-order valence-corrected chi connectivity index (χ0v) is 6.19. The molecule has 1 aromatic rings.